The van der Waals surface area contributed by atoms with Gasteiger partial charge in [0.15, 0.2) is 5.84 Å². The van der Waals surface area contributed by atoms with Crippen molar-refractivity contribution in [1.29, 1.82) is 0 Å². The van der Waals surface area contributed by atoms with Crippen molar-refractivity contribution in [2.45, 2.75) is 46.5 Å². The second kappa shape index (κ2) is 5.62. The zero-order valence-electron chi connectivity index (χ0n) is 12.8. The molecule has 0 aromatic carbocycles. The van der Waals surface area contributed by atoms with Gasteiger partial charge in [-0.05, 0) is 43.4 Å². The van der Waals surface area contributed by atoms with Crippen LogP contribution in [0.25, 0.3) is 0 Å². The predicted molar refractivity (Wildman–Crippen MR) is 78.4 cm³/mol. The van der Waals surface area contributed by atoms with E-state index in [0.29, 0.717) is 30.6 Å². The molecule has 5 heteroatoms. The van der Waals surface area contributed by atoms with Crippen molar-refractivity contribution in [1.82, 2.24) is 4.90 Å². The van der Waals surface area contributed by atoms with Crippen LogP contribution in [0.5, 0.6) is 0 Å². The highest BCUT2D eigenvalue weighted by Gasteiger charge is 2.53. The van der Waals surface area contributed by atoms with Crippen molar-refractivity contribution in [3.63, 3.8) is 0 Å². The lowest BCUT2D eigenvalue weighted by Gasteiger charge is -2.47. The Hall–Kier alpha value is -1.26. The van der Waals surface area contributed by atoms with Crippen molar-refractivity contribution < 1.29 is 10.0 Å². The molecule has 3 N–H and O–H groups in total. The summed E-state index contributed by atoms with van der Waals surface area (Å²) < 4.78 is 0. The van der Waals surface area contributed by atoms with Crippen LogP contribution in [-0.2, 0) is 4.79 Å². The summed E-state index contributed by atoms with van der Waals surface area (Å²) in [6.45, 7) is 8.19. The molecule has 0 spiro atoms. The zero-order chi connectivity index (χ0) is 14.9. The topological polar surface area (TPSA) is 78.9 Å². The number of nitrogens with zero attached hydrogens (tertiary/aromatic N) is 2. The third-order valence-electron chi connectivity index (χ3n) is 5.17. The molecule has 2 rings (SSSR count). The third-order valence-corrected chi connectivity index (χ3v) is 5.17. The second-order valence-electron chi connectivity index (χ2n) is 6.95. The predicted octanol–water partition coefficient (Wildman–Crippen LogP) is 2.04. The fraction of sp³-hybridized carbons (Fsp3) is 0.867. The molecule has 1 saturated carbocycles. The summed E-state index contributed by atoms with van der Waals surface area (Å²) in [5.74, 6) is 2.00. The van der Waals surface area contributed by atoms with Gasteiger partial charge in [-0.25, -0.2) is 0 Å². The maximum absolute atomic E-state index is 12.8. The van der Waals surface area contributed by atoms with E-state index in [0.717, 1.165) is 25.9 Å². The fourth-order valence-corrected chi connectivity index (χ4v) is 3.79. The number of amides is 1. The highest BCUT2D eigenvalue weighted by molar-refractivity contribution is 6.07. The van der Waals surface area contributed by atoms with Gasteiger partial charge in [-0.2, -0.15) is 0 Å². The van der Waals surface area contributed by atoms with E-state index in [1.54, 1.807) is 0 Å². The van der Waals surface area contributed by atoms with E-state index < -0.39 is 5.41 Å². The van der Waals surface area contributed by atoms with Crippen LogP contribution in [0.4, 0.5) is 0 Å². The Balaban J connectivity index is 2.04. The van der Waals surface area contributed by atoms with Gasteiger partial charge in [0.2, 0.25) is 5.91 Å². The number of hydrogen-bond donors (Lipinski definition) is 2. The Kier molecular flexibility index (Phi) is 4.25. The van der Waals surface area contributed by atoms with Crippen LogP contribution in [-0.4, -0.2) is 34.9 Å². The summed E-state index contributed by atoms with van der Waals surface area (Å²) in [7, 11) is 0. The standard InChI is InChI=1S/C15H27N3O2/c1-10(2)12-4-6-18(7-5-12)14(19)15(13(16)17-20)8-11(3)9-15/h10-12,20H,4-9H2,1-3H3,(H2,16,17). The Morgan fingerprint density at radius 3 is 2.30 bits per heavy atom. The van der Waals surface area contributed by atoms with Gasteiger partial charge < -0.3 is 15.8 Å². The van der Waals surface area contributed by atoms with Gasteiger partial charge in [0.1, 0.15) is 5.41 Å². The summed E-state index contributed by atoms with van der Waals surface area (Å²) in [5.41, 5.74) is 5.07. The molecule has 0 atom stereocenters. The average Bonchev–Trinajstić information content (AvgIpc) is 2.42. The van der Waals surface area contributed by atoms with Crippen molar-refractivity contribution in [3.8, 4) is 0 Å². The zero-order valence-corrected chi connectivity index (χ0v) is 12.8. The summed E-state index contributed by atoms with van der Waals surface area (Å²) in [6, 6.07) is 0. The lowest BCUT2D eigenvalue weighted by Crippen LogP contribution is -2.58. The number of carbonyl (C=O) groups is 1. The summed E-state index contributed by atoms with van der Waals surface area (Å²) in [4.78, 5) is 14.7. The number of likely N-dealkylation sites (tertiary alicyclic amines) is 1. The molecule has 0 aromatic rings. The molecule has 1 heterocycles. The van der Waals surface area contributed by atoms with Crippen LogP contribution in [0.15, 0.2) is 5.16 Å². The molecular weight excluding hydrogens is 254 g/mol. The van der Waals surface area contributed by atoms with Crippen LogP contribution in [0.2, 0.25) is 0 Å². The van der Waals surface area contributed by atoms with Gasteiger partial charge in [-0.15, -0.1) is 0 Å². The molecule has 0 aromatic heterocycles. The van der Waals surface area contributed by atoms with Gasteiger partial charge in [0.05, 0.1) is 0 Å². The quantitative estimate of drug-likeness (QED) is 0.359. The number of rotatable bonds is 3. The van der Waals surface area contributed by atoms with E-state index in [-0.39, 0.29) is 11.7 Å². The number of amidine groups is 1. The first-order valence-electron chi connectivity index (χ1n) is 7.68. The molecule has 20 heavy (non-hydrogen) atoms. The number of oxime groups is 1. The third kappa shape index (κ3) is 2.50. The molecule has 1 aliphatic carbocycles. The first-order chi connectivity index (χ1) is 9.40. The first-order valence-corrected chi connectivity index (χ1v) is 7.68. The Morgan fingerprint density at radius 1 is 1.35 bits per heavy atom. The SMILES string of the molecule is CC1CC(C(=O)N2CCC(C(C)C)CC2)(C(N)=NO)C1. The Bertz CT molecular complexity index is 392. The Morgan fingerprint density at radius 2 is 1.90 bits per heavy atom. The molecule has 0 unspecified atom stereocenters. The number of carbonyl (C=O) groups excluding carboxylic acids is 1. The first kappa shape index (κ1) is 15.1. The Labute approximate surface area is 121 Å². The maximum atomic E-state index is 12.8. The minimum Gasteiger partial charge on any atom is -0.409 e. The van der Waals surface area contributed by atoms with Gasteiger partial charge in [-0.1, -0.05) is 25.9 Å². The highest BCUT2D eigenvalue weighted by Crippen LogP contribution is 2.47. The average molecular weight is 281 g/mol. The van der Waals surface area contributed by atoms with E-state index in [4.69, 9.17) is 10.9 Å². The van der Waals surface area contributed by atoms with E-state index in [1.807, 2.05) is 4.90 Å². The van der Waals surface area contributed by atoms with E-state index in [2.05, 4.69) is 25.9 Å². The molecule has 1 aliphatic heterocycles. The summed E-state index contributed by atoms with van der Waals surface area (Å²) in [6.07, 6.45) is 3.52. The van der Waals surface area contributed by atoms with Crippen LogP contribution in [0.3, 0.4) is 0 Å². The fourth-order valence-electron chi connectivity index (χ4n) is 3.79. The van der Waals surface area contributed by atoms with E-state index >= 15 is 0 Å². The van der Waals surface area contributed by atoms with Gasteiger partial charge in [0.25, 0.3) is 0 Å². The largest absolute Gasteiger partial charge is 0.409 e. The number of hydrogen-bond acceptors (Lipinski definition) is 3. The number of nitrogens with two attached hydrogens (primary N) is 1. The molecule has 0 radical (unpaired) electrons. The summed E-state index contributed by atoms with van der Waals surface area (Å²) >= 11 is 0. The molecule has 1 saturated heterocycles. The summed E-state index contributed by atoms with van der Waals surface area (Å²) in [5, 5.41) is 12.1. The van der Waals surface area contributed by atoms with Crippen molar-refractivity contribution >= 4 is 11.7 Å². The van der Waals surface area contributed by atoms with Crippen molar-refractivity contribution in [2.24, 2.45) is 34.1 Å². The van der Waals surface area contributed by atoms with Gasteiger partial charge >= 0.3 is 0 Å². The normalized spacial score (nSPS) is 32.3. The second-order valence-corrected chi connectivity index (χ2v) is 6.95. The van der Waals surface area contributed by atoms with Crippen LogP contribution in [0.1, 0.15) is 46.5 Å². The van der Waals surface area contributed by atoms with Crippen molar-refractivity contribution in [3.05, 3.63) is 0 Å². The highest BCUT2D eigenvalue weighted by atomic mass is 16.4. The van der Waals surface area contributed by atoms with Crippen molar-refractivity contribution in [2.75, 3.05) is 13.1 Å². The molecule has 2 aliphatic rings. The van der Waals surface area contributed by atoms with E-state index in [9.17, 15) is 4.79 Å². The molecule has 2 fully saturated rings. The smallest absolute Gasteiger partial charge is 0.236 e. The molecular formula is C15H27N3O2. The van der Waals surface area contributed by atoms with E-state index in [1.165, 1.54) is 0 Å². The lowest BCUT2D eigenvalue weighted by molar-refractivity contribution is -0.146. The molecule has 0 bridgehead atoms. The van der Waals surface area contributed by atoms with Gasteiger partial charge in [0, 0.05) is 13.1 Å². The number of piperidine rings is 1. The van der Waals surface area contributed by atoms with Crippen LogP contribution < -0.4 is 5.73 Å². The van der Waals surface area contributed by atoms with Crippen LogP contribution >= 0.6 is 0 Å². The maximum Gasteiger partial charge on any atom is 0.236 e. The minimum atomic E-state index is -0.737. The minimum absolute atomic E-state index is 0.0631. The van der Waals surface area contributed by atoms with Crippen LogP contribution in [0, 0.1) is 23.2 Å². The molecule has 114 valence electrons. The molecule has 5 nitrogen and oxygen atoms in total. The van der Waals surface area contributed by atoms with Gasteiger partial charge in [-0.3, -0.25) is 4.79 Å². The molecule has 1 amide bonds. The monoisotopic (exact) mass is 281 g/mol. The lowest BCUT2D eigenvalue weighted by atomic mass is 9.61.